The van der Waals surface area contributed by atoms with Gasteiger partial charge in [-0.1, -0.05) is 0 Å². The molecule has 3 heteroatoms. The Morgan fingerprint density at radius 2 is 2.53 bits per heavy atom. The second kappa shape index (κ2) is 5.92. The molecule has 2 atom stereocenters. The van der Waals surface area contributed by atoms with E-state index in [-0.39, 0.29) is 0 Å². The van der Waals surface area contributed by atoms with Gasteiger partial charge in [-0.05, 0) is 66.1 Å². The van der Waals surface area contributed by atoms with E-state index in [1.54, 1.807) is 11.3 Å². The van der Waals surface area contributed by atoms with Crippen LogP contribution in [0.15, 0.2) is 16.8 Å². The highest BCUT2D eigenvalue weighted by Gasteiger charge is 2.15. The molecule has 0 aromatic carbocycles. The van der Waals surface area contributed by atoms with E-state index >= 15 is 0 Å². The van der Waals surface area contributed by atoms with Crippen LogP contribution < -0.4 is 5.32 Å². The zero-order chi connectivity index (χ0) is 10.5. The number of hydrogen-bond acceptors (Lipinski definition) is 3. The van der Waals surface area contributed by atoms with E-state index in [0.29, 0.717) is 6.04 Å². The summed E-state index contributed by atoms with van der Waals surface area (Å²) in [5.74, 6) is 3.64. The molecule has 0 bridgehead atoms. The van der Waals surface area contributed by atoms with Gasteiger partial charge in [0, 0.05) is 6.04 Å². The first-order valence-electron chi connectivity index (χ1n) is 5.67. The van der Waals surface area contributed by atoms with E-state index in [0.717, 1.165) is 5.92 Å². The lowest BCUT2D eigenvalue weighted by Gasteiger charge is -2.16. The fourth-order valence-corrected chi connectivity index (χ4v) is 3.91. The first-order chi connectivity index (χ1) is 7.34. The van der Waals surface area contributed by atoms with E-state index in [1.165, 1.54) is 36.5 Å². The van der Waals surface area contributed by atoms with Gasteiger partial charge in [-0.3, -0.25) is 0 Å². The molecule has 2 heterocycles. The average Bonchev–Trinajstić information content (AvgIpc) is 2.86. The van der Waals surface area contributed by atoms with Crippen LogP contribution in [0, 0.1) is 5.92 Å². The summed E-state index contributed by atoms with van der Waals surface area (Å²) < 4.78 is 0. The molecule has 0 saturated carbocycles. The monoisotopic (exact) mass is 241 g/mol. The SMILES string of the molecule is CC(Cc1ccsc1)NCC1CCSC1. The maximum Gasteiger partial charge on any atom is 0.00795 e. The third kappa shape index (κ3) is 3.82. The third-order valence-electron chi connectivity index (χ3n) is 2.90. The van der Waals surface area contributed by atoms with Gasteiger partial charge in [-0.25, -0.2) is 0 Å². The summed E-state index contributed by atoms with van der Waals surface area (Å²) in [7, 11) is 0. The van der Waals surface area contributed by atoms with Gasteiger partial charge in [0.25, 0.3) is 0 Å². The lowest BCUT2D eigenvalue weighted by atomic mass is 10.1. The first kappa shape index (κ1) is 11.5. The topological polar surface area (TPSA) is 12.0 Å². The quantitative estimate of drug-likeness (QED) is 0.850. The summed E-state index contributed by atoms with van der Waals surface area (Å²) in [4.78, 5) is 0. The van der Waals surface area contributed by atoms with E-state index in [1.807, 2.05) is 0 Å². The van der Waals surface area contributed by atoms with Gasteiger partial charge in [0.1, 0.15) is 0 Å². The summed E-state index contributed by atoms with van der Waals surface area (Å²) in [5.41, 5.74) is 1.47. The minimum atomic E-state index is 0.616. The fourth-order valence-electron chi connectivity index (χ4n) is 1.95. The molecule has 1 aliphatic heterocycles. The van der Waals surface area contributed by atoms with Gasteiger partial charge < -0.3 is 5.32 Å². The van der Waals surface area contributed by atoms with E-state index in [4.69, 9.17) is 0 Å². The van der Waals surface area contributed by atoms with Crippen molar-refractivity contribution in [1.29, 1.82) is 0 Å². The lowest BCUT2D eigenvalue weighted by Crippen LogP contribution is -2.32. The van der Waals surface area contributed by atoms with Crippen molar-refractivity contribution in [3.63, 3.8) is 0 Å². The molecule has 1 aromatic heterocycles. The van der Waals surface area contributed by atoms with Crippen molar-refractivity contribution in [3.8, 4) is 0 Å². The van der Waals surface area contributed by atoms with Gasteiger partial charge in [0.05, 0.1) is 0 Å². The summed E-state index contributed by atoms with van der Waals surface area (Å²) in [6, 6.07) is 2.85. The molecule has 0 spiro atoms. The van der Waals surface area contributed by atoms with Crippen LogP contribution in [0.25, 0.3) is 0 Å². The van der Waals surface area contributed by atoms with Crippen LogP contribution >= 0.6 is 23.1 Å². The molecule has 2 rings (SSSR count). The fraction of sp³-hybridized carbons (Fsp3) is 0.667. The standard InChI is InChI=1S/C12H19NS2/c1-10(6-11-2-4-14-8-11)13-7-12-3-5-15-9-12/h2,4,8,10,12-13H,3,5-7,9H2,1H3. The largest absolute Gasteiger partial charge is 0.314 e. The molecule has 1 N–H and O–H groups in total. The Morgan fingerprint density at radius 3 is 3.20 bits per heavy atom. The zero-order valence-electron chi connectivity index (χ0n) is 9.24. The van der Waals surface area contributed by atoms with Crippen molar-refractivity contribution in [3.05, 3.63) is 22.4 Å². The number of thioether (sulfide) groups is 1. The van der Waals surface area contributed by atoms with Crippen molar-refractivity contribution in [1.82, 2.24) is 5.32 Å². The summed E-state index contributed by atoms with van der Waals surface area (Å²) in [5, 5.41) is 8.07. The normalized spacial score (nSPS) is 23.1. The highest BCUT2D eigenvalue weighted by Crippen LogP contribution is 2.22. The van der Waals surface area contributed by atoms with Gasteiger partial charge in [-0.15, -0.1) is 0 Å². The van der Waals surface area contributed by atoms with Crippen molar-refractivity contribution < 1.29 is 0 Å². The van der Waals surface area contributed by atoms with Crippen LogP contribution in [0.5, 0.6) is 0 Å². The molecule has 1 fully saturated rings. The smallest absolute Gasteiger partial charge is 0.00795 e. The predicted molar refractivity (Wildman–Crippen MR) is 70.9 cm³/mol. The summed E-state index contributed by atoms with van der Waals surface area (Å²) in [6.45, 7) is 3.50. The van der Waals surface area contributed by atoms with Gasteiger partial charge in [-0.2, -0.15) is 23.1 Å². The second-order valence-corrected chi connectivity index (χ2v) is 6.30. The Morgan fingerprint density at radius 1 is 1.60 bits per heavy atom. The molecule has 0 aliphatic carbocycles. The molecule has 0 radical (unpaired) electrons. The molecule has 84 valence electrons. The van der Waals surface area contributed by atoms with Crippen molar-refractivity contribution in [2.45, 2.75) is 25.8 Å². The molecule has 1 aliphatic rings. The maximum absolute atomic E-state index is 3.65. The number of hydrogen-bond donors (Lipinski definition) is 1. The number of thiophene rings is 1. The molecular weight excluding hydrogens is 222 g/mol. The third-order valence-corrected chi connectivity index (χ3v) is 4.86. The van der Waals surface area contributed by atoms with Crippen LogP contribution in [-0.4, -0.2) is 24.1 Å². The van der Waals surface area contributed by atoms with Gasteiger partial charge >= 0.3 is 0 Å². The highest BCUT2D eigenvalue weighted by atomic mass is 32.2. The zero-order valence-corrected chi connectivity index (χ0v) is 10.9. The number of nitrogens with one attached hydrogen (secondary N) is 1. The maximum atomic E-state index is 3.65. The Balaban J connectivity index is 1.66. The Hall–Kier alpha value is 0.01000. The predicted octanol–water partition coefficient (Wildman–Crippen LogP) is 3.02. The molecule has 1 aromatic rings. The molecule has 1 nitrogen and oxygen atoms in total. The van der Waals surface area contributed by atoms with Gasteiger partial charge in [0.2, 0.25) is 0 Å². The van der Waals surface area contributed by atoms with Crippen LogP contribution in [0.1, 0.15) is 18.9 Å². The summed E-state index contributed by atoms with van der Waals surface area (Å²) >= 11 is 3.89. The average molecular weight is 241 g/mol. The second-order valence-electron chi connectivity index (χ2n) is 4.37. The van der Waals surface area contributed by atoms with Crippen LogP contribution in [0.2, 0.25) is 0 Å². The van der Waals surface area contributed by atoms with Crippen LogP contribution in [0.3, 0.4) is 0 Å². The van der Waals surface area contributed by atoms with E-state index in [2.05, 4.69) is 40.8 Å². The summed E-state index contributed by atoms with van der Waals surface area (Å²) in [6.07, 6.45) is 2.58. The highest BCUT2D eigenvalue weighted by molar-refractivity contribution is 7.99. The van der Waals surface area contributed by atoms with Crippen molar-refractivity contribution >= 4 is 23.1 Å². The Bertz CT molecular complexity index is 265. The lowest BCUT2D eigenvalue weighted by molar-refractivity contribution is 0.466. The van der Waals surface area contributed by atoms with E-state index in [9.17, 15) is 0 Å². The van der Waals surface area contributed by atoms with Crippen LogP contribution in [-0.2, 0) is 6.42 Å². The molecular formula is C12H19NS2. The first-order valence-corrected chi connectivity index (χ1v) is 7.76. The van der Waals surface area contributed by atoms with Crippen molar-refractivity contribution in [2.24, 2.45) is 5.92 Å². The number of rotatable bonds is 5. The Labute approximate surface area is 101 Å². The minimum Gasteiger partial charge on any atom is -0.314 e. The molecule has 15 heavy (non-hydrogen) atoms. The molecule has 1 saturated heterocycles. The Kier molecular flexibility index (Phi) is 4.54. The molecule has 0 amide bonds. The minimum absolute atomic E-state index is 0.616. The molecule has 2 unspecified atom stereocenters. The van der Waals surface area contributed by atoms with E-state index < -0.39 is 0 Å². The van der Waals surface area contributed by atoms with Crippen molar-refractivity contribution in [2.75, 3.05) is 18.1 Å². The van der Waals surface area contributed by atoms with Crippen LogP contribution in [0.4, 0.5) is 0 Å². The van der Waals surface area contributed by atoms with Gasteiger partial charge in [0.15, 0.2) is 0 Å².